The molecule has 2 bridgehead atoms. The number of carbonyl (C=O) groups is 1. The molecule has 1 N–H and O–H groups in total. The summed E-state index contributed by atoms with van der Waals surface area (Å²) in [7, 11) is 0. The van der Waals surface area contributed by atoms with Gasteiger partial charge in [0.1, 0.15) is 5.76 Å². The third-order valence-corrected chi connectivity index (χ3v) is 6.05. The van der Waals surface area contributed by atoms with E-state index in [1.807, 2.05) is 0 Å². The summed E-state index contributed by atoms with van der Waals surface area (Å²) in [5.74, 6) is 1.27. The maximum atomic E-state index is 12.6. The van der Waals surface area contributed by atoms with Crippen LogP contribution in [0.5, 0.6) is 0 Å². The highest BCUT2D eigenvalue weighted by Crippen LogP contribution is 2.33. The van der Waals surface area contributed by atoms with Crippen LogP contribution in [0.2, 0.25) is 10.0 Å². The first-order chi connectivity index (χ1) is 12.0. The van der Waals surface area contributed by atoms with Crippen molar-refractivity contribution in [2.75, 3.05) is 13.1 Å². The van der Waals surface area contributed by atoms with E-state index in [-0.39, 0.29) is 11.9 Å². The van der Waals surface area contributed by atoms with E-state index in [0.29, 0.717) is 33.5 Å². The Bertz CT molecular complexity index is 794. The number of nitrogens with zero attached hydrogens (tertiary/aromatic N) is 1. The number of hydrogen-bond acceptors (Lipinski definition) is 3. The van der Waals surface area contributed by atoms with Crippen LogP contribution in [0, 0.1) is 5.92 Å². The van der Waals surface area contributed by atoms with Gasteiger partial charge in [0.05, 0.1) is 5.02 Å². The van der Waals surface area contributed by atoms with Crippen molar-refractivity contribution in [3.05, 3.63) is 46.1 Å². The molecule has 4 nitrogen and oxygen atoms in total. The maximum absolute atomic E-state index is 12.6. The average Bonchev–Trinajstić information content (AvgIpc) is 3.08. The lowest BCUT2D eigenvalue weighted by atomic mass is 9.79. The van der Waals surface area contributed by atoms with Gasteiger partial charge in [0, 0.05) is 22.7 Å². The van der Waals surface area contributed by atoms with Crippen molar-refractivity contribution >= 4 is 29.1 Å². The standard InChI is InChI=1S/C19H20Cl2N2O2/c1-11-18(12-6-8-23(11)9-7-12)22-19(24)17-5-4-16(25-17)14-3-2-13(20)10-15(14)21/h2-5,10-12,18H,6-9H2,1H3,(H,22,24). The van der Waals surface area contributed by atoms with Gasteiger partial charge in [-0.25, -0.2) is 0 Å². The monoisotopic (exact) mass is 378 g/mol. The minimum atomic E-state index is -0.165. The summed E-state index contributed by atoms with van der Waals surface area (Å²) in [5, 5.41) is 4.24. The van der Waals surface area contributed by atoms with Crippen LogP contribution in [0.15, 0.2) is 34.7 Å². The number of rotatable bonds is 3. The van der Waals surface area contributed by atoms with E-state index in [2.05, 4.69) is 17.1 Å². The first-order valence-corrected chi connectivity index (χ1v) is 9.38. The van der Waals surface area contributed by atoms with E-state index in [9.17, 15) is 4.79 Å². The number of furan rings is 1. The molecule has 3 aliphatic heterocycles. The Morgan fingerprint density at radius 2 is 1.96 bits per heavy atom. The van der Waals surface area contributed by atoms with Crippen molar-refractivity contribution in [3.63, 3.8) is 0 Å². The van der Waals surface area contributed by atoms with Crippen molar-refractivity contribution in [2.24, 2.45) is 5.92 Å². The molecule has 2 unspecified atom stereocenters. The molecule has 4 heterocycles. The molecule has 2 atom stereocenters. The van der Waals surface area contributed by atoms with Crippen LogP contribution >= 0.6 is 23.2 Å². The molecule has 2 aromatic rings. The molecule has 25 heavy (non-hydrogen) atoms. The van der Waals surface area contributed by atoms with Crippen molar-refractivity contribution in [1.29, 1.82) is 0 Å². The zero-order valence-electron chi connectivity index (χ0n) is 14.0. The predicted molar refractivity (Wildman–Crippen MR) is 99.2 cm³/mol. The molecule has 1 aromatic heterocycles. The van der Waals surface area contributed by atoms with Gasteiger partial charge in [-0.15, -0.1) is 0 Å². The van der Waals surface area contributed by atoms with Crippen LogP contribution in [0.25, 0.3) is 11.3 Å². The van der Waals surface area contributed by atoms with E-state index in [1.54, 1.807) is 30.3 Å². The van der Waals surface area contributed by atoms with Crippen LogP contribution in [0.3, 0.4) is 0 Å². The quantitative estimate of drug-likeness (QED) is 0.856. The molecule has 3 fully saturated rings. The van der Waals surface area contributed by atoms with Crippen LogP contribution in [0.1, 0.15) is 30.3 Å². The Labute approximate surface area is 157 Å². The molecule has 132 valence electrons. The van der Waals surface area contributed by atoms with Gasteiger partial charge in [-0.3, -0.25) is 9.69 Å². The zero-order chi connectivity index (χ0) is 17.6. The molecule has 0 aliphatic carbocycles. The highest BCUT2D eigenvalue weighted by molar-refractivity contribution is 6.36. The van der Waals surface area contributed by atoms with Crippen LogP contribution in [-0.2, 0) is 0 Å². The van der Waals surface area contributed by atoms with Crippen LogP contribution in [0.4, 0.5) is 0 Å². The molecular formula is C19H20Cl2N2O2. The number of hydrogen-bond donors (Lipinski definition) is 1. The Morgan fingerprint density at radius 3 is 2.64 bits per heavy atom. The Balaban J connectivity index is 1.51. The van der Waals surface area contributed by atoms with Gasteiger partial charge in [-0.1, -0.05) is 23.2 Å². The fourth-order valence-electron chi connectivity index (χ4n) is 4.06. The second kappa shape index (κ2) is 6.67. The maximum Gasteiger partial charge on any atom is 0.287 e. The van der Waals surface area contributed by atoms with Crippen molar-refractivity contribution in [3.8, 4) is 11.3 Å². The van der Waals surface area contributed by atoms with E-state index in [1.165, 1.54) is 0 Å². The lowest BCUT2D eigenvalue weighted by molar-refractivity contribution is 0.0211. The smallest absolute Gasteiger partial charge is 0.287 e. The van der Waals surface area contributed by atoms with E-state index in [4.69, 9.17) is 27.6 Å². The predicted octanol–water partition coefficient (Wildman–Crippen LogP) is 4.47. The number of halogens is 2. The molecule has 1 amide bonds. The first kappa shape index (κ1) is 17.0. The van der Waals surface area contributed by atoms with E-state index >= 15 is 0 Å². The highest BCUT2D eigenvalue weighted by Gasteiger charge is 2.40. The van der Waals surface area contributed by atoms with Crippen LogP contribution in [-0.4, -0.2) is 36.0 Å². The summed E-state index contributed by atoms with van der Waals surface area (Å²) in [6.45, 7) is 4.47. The summed E-state index contributed by atoms with van der Waals surface area (Å²) < 4.78 is 5.76. The normalized spacial score (nSPS) is 28.1. The SMILES string of the molecule is CC1C(NC(=O)c2ccc(-c3ccc(Cl)cc3Cl)o2)C2CCN1CC2. The Kier molecular flexibility index (Phi) is 4.52. The molecule has 0 radical (unpaired) electrons. The molecule has 1 aromatic carbocycles. The molecule has 0 spiro atoms. The zero-order valence-corrected chi connectivity index (χ0v) is 15.5. The topological polar surface area (TPSA) is 45.5 Å². The minimum absolute atomic E-state index is 0.165. The van der Waals surface area contributed by atoms with Gasteiger partial charge in [0.25, 0.3) is 5.91 Å². The lowest BCUT2D eigenvalue weighted by Crippen LogP contribution is -2.62. The van der Waals surface area contributed by atoms with Gasteiger partial charge in [-0.2, -0.15) is 0 Å². The summed E-state index contributed by atoms with van der Waals surface area (Å²) in [6, 6.07) is 9.22. The van der Waals surface area contributed by atoms with Crippen molar-refractivity contribution < 1.29 is 9.21 Å². The molecular weight excluding hydrogens is 359 g/mol. The van der Waals surface area contributed by atoms with Crippen LogP contribution < -0.4 is 5.32 Å². The van der Waals surface area contributed by atoms with Gasteiger partial charge in [0.15, 0.2) is 5.76 Å². The van der Waals surface area contributed by atoms with E-state index < -0.39 is 0 Å². The number of fused-ring (bicyclic) bond motifs is 3. The minimum Gasteiger partial charge on any atom is -0.451 e. The van der Waals surface area contributed by atoms with Gasteiger partial charge >= 0.3 is 0 Å². The Morgan fingerprint density at radius 1 is 1.20 bits per heavy atom. The average molecular weight is 379 g/mol. The second-order valence-corrected chi connectivity index (χ2v) is 7.74. The number of piperidine rings is 3. The summed E-state index contributed by atoms with van der Waals surface area (Å²) in [5.41, 5.74) is 0.723. The summed E-state index contributed by atoms with van der Waals surface area (Å²) in [6.07, 6.45) is 2.30. The molecule has 3 saturated heterocycles. The molecule has 6 heteroatoms. The summed E-state index contributed by atoms with van der Waals surface area (Å²) in [4.78, 5) is 15.1. The van der Waals surface area contributed by atoms with Gasteiger partial charge in [0.2, 0.25) is 0 Å². The summed E-state index contributed by atoms with van der Waals surface area (Å²) >= 11 is 12.1. The fourth-order valence-corrected chi connectivity index (χ4v) is 4.56. The Hall–Kier alpha value is -1.49. The molecule has 5 rings (SSSR count). The number of carbonyl (C=O) groups excluding carboxylic acids is 1. The second-order valence-electron chi connectivity index (χ2n) is 6.90. The highest BCUT2D eigenvalue weighted by atomic mass is 35.5. The van der Waals surface area contributed by atoms with E-state index in [0.717, 1.165) is 31.5 Å². The lowest BCUT2D eigenvalue weighted by Gasteiger charge is -2.49. The number of amides is 1. The van der Waals surface area contributed by atoms with Gasteiger partial charge < -0.3 is 9.73 Å². The molecule has 0 saturated carbocycles. The van der Waals surface area contributed by atoms with Crippen molar-refractivity contribution in [2.45, 2.75) is 31.8 Å². The number of benzene rings is 1. The van der Waals surface area contributed by atoms with Gasteiger partial charge in [-0.05, 0) is 69.1 Å². The first-order valence-electron chi connectivity index (χ1n) is 8.63. The largest absolute Gasteiger partial charge is 0.451 e. The van der Waals surface area contributed by atoms with Crippen molar-refractivity contribution in [1.82, 2.24) is 10.2 Å². The third kappa shape index (κ3) is 3.19. The molecule has 3 aliphatic rings. The fraction of sp³-hybridized carbons (Fsp3) is 0.421. The third-order valence-electron chi connectivity index (χ3n) is 5.50. The number of nitrogens with one attached hydrogen (secondary N) is 1.